The molecule has 184 valence electrons. The molecule has 10 heteroatoms. The van der Waals surface area contributed by atoms with Crippen LogP contribution in [0.2, 0.25) is 0 Å². The Kier molecular flexibility index (Phi) is 7.26. The van der Waals surface area contributed by atoms with Crippen molar-refractivity contribution in [1.82, 2.24) is 9.88 Å². The molecule has 2 aromatic carbocycles. The normalized spacial score (nSPS) is 18.6. The number of aromatic nitrogens is 1. The number of anilines is 2. The van der Waals surface area contributed by atoms with Gasteiger partial charge in [0.15, 0.2) is 5.13 Å². The molecule has 0 radical (unpaired) electrons. The number of benzene rings is 2. The molecule has 3 aromatic rings. The molecule has 0 saturated heterocycles. The Labute approximate surface area is 207 Å². The van der Waals surface area contributed by atoms with Crippen molar-refractivity contribution < 1.29 is 16.0 Å². The Balaban J connectivity index is 0.00000228. The van der Waals surface area contributed by atoms with E-state index in [1.54, 1.807) is 24.3 Å². The number of likely N-dealkylation sites (N-methyl/N-ethyl adjacent to an activating group) is 1. The summed E-state index contributed by atoms with van der Waals surface area (Å²) in [4.78, 5) is 6.53. The molecule has 4 rings (SSSR count). The minimum atomic E-state index is -3.99. The molecule has 0 bridgehead atoms. The Hall–Kier alpha value is -2.87. The third-order valence-electron chi connectivity index (χ3n) is 6.03. The van der Waals surface area contributed by atoms with Gasteiger partial charge in [-0.1, -0.05) is 24.2 Å². The number of nitriles is 1. The maximum atomic E-state index is 13.1. The van der Waals surface area contributed by atoms with Crippen molar-refractivity contribution in [1.29, 1.82) is 5.26 Å². The standard InChI is InChI=1S/C24H29N5O3S2.2H2/c1-4-32-18-10-11-20-22(14-18)33-24(27-20)28-34(30,31)23-12-9-17(13-16(23)15-25)26-19-7-5-6-8-21(19)29(2)3;;/h9-14,19,21,26H,4-8H2,1-3H3,(H,27,28);2*1H/t19-,21-;;/m0../s1. The van der Waals surface area contributed by atoms with Crippen LogP contribution < -0.4 is 14.8 Å². The number of sulfonamides is 1. The zero-order valence-electron chi connectivity index (χ0n) is 19.5. The van der Waals surface area contributed by atoms with E-state index in [0.29, 0.717) is 23.9 Å². The van der Waals surface area contributed by atoms with Gasteiger partial charge in [0.2, 0.25) is 0 Å². The van der Waals surface area contributed by atoms with Crippen LogP contribution in [0, 0.1) is 11.3 Å². The molecule has 1 heterocycles. The highest BCUT2D eigenvalue weighted by Gasteiger charge is 2.27. The van der Waals surface area contributed by atoms with Gasteiger partial charge in [-0.2, -0.15) is 5.26 Å². The van der Waals surface area contributed by atoms with Gasteiger partial charge >= 0.3 is 0 Å². The topological polar surface area (TPSA) is 107 Å². The number of nitrogens with one attached hydrogen (secondary N) is 2. The fourth-order valence-electron chi connectivity index (χ4n) is 4.43. The van der Waals surface area contributed by atoms with Crippen LogP contribution in [0.1, 0.15) is 41.0 Å². The van der Waals surface area contributed by atoms with E-state index in [0.717, 1.165) is 29.6 Å². The summed E-state index contributed by atoms with van der Waals surface area (Å²) in [6.45, 7) is 2.45. The number of hydrogen-bond donors (Lipinski definition) is 2. The van der Waals surface area contributed by atoms with Crippen molar-refractivity contribution in [3.05, 3.63) is 42.0 Å². The van der Waals surface area contributed by atoms with Crippen LogP contribution in [0.5, 0.6) is 5.75 Å². The highest BCUT2D eigenvalue weighted by atomic mass is 32.2. The second-order valence-corrected chi connectivity index (χ2v) is 11.3. The molecule has 0 spiro atoms. The highest BCUT2D eigenvalue weighted by molar-refractivity contribution is 7.93. The minimum absolute atomic E-state index is 0. The summed E-state index contributed by atoms with van der Waals surface area (Å²) >= 11 is 1.22. The molecular weight excluding hydrogens is 470 g/mol. The fourth-order valence-corrected chi connectivity index (χ4v) is 6.70. The second-order valence-electron chi connectivity index (χ2n) is 8.58. The number of rotatable bonds is 8. The Bertz CT molecular complexity index is 1330. The molecule has 1 aliphatic rings. The molecule has 2 atom stereocenters. The van der Waals surface area contributed by atoms with Gasteiger partial charge in [-0.15, -0.1) is 0 Å². The largest absolute Gasteiger partial charge is 0.494 e. The molecule has 1 aliphatic carbocycles. The van der Waals surface area contributed by atoms with Gasteiger partial charge in [-0.25, -0.2) is 13.4 Å². The fraction of sp³-hybridized carbons (Fsp3) is 0.417. The summed E-state index contributed by atoms with van der Waals surface area (Å²) in [6.07, 6.45) is 4.50. The lowest BCUT2D eigenvalue weighted by atomic mass is 9.89. The lowest BCUT2D eigenvalue weighted by Crippen LogP contribution is -2.45. The molecule has 1 fully saturated rings. The zero-order valence-corrected chi connectivity index (χ0v) is 21.2. The SMILES string of the molecule is CCOc1ccc2nc(NS(=O)(=O)c3ccc(N[C@H]4CCCC[C@@H]4N(C)C)cc3C#N)sc2c1.[HH].[HH]. The quantitative estimate of drug-likeness (QED) is 0.438. The molecule has 0 unspecified atom stereocenters. The third-order valence-corrected chi connectivity index (χ3v) is 8.49. The lowest BCUT2D eigenvalue weighted by molar-refractivity contribution is 0.211. The van der Waals surface area contributed by atoms with E-state index in [9.17, 15) is 13.7 Å². The smallest absolute Gasteiger partial charge is 0.264 e. The molecule has 1 saturated carbocycles. The Morgan fingerprint density at radius 1 is 1.24 bits per heavy atom. The van der Waals surface area contributed by atoms with Crippen molar-refractivity contribution in [2.24, 2.45) is 0 Å². The number of hydrogen-bond acceptors (Lipinski definition) is 8. The van der Waals surface area contributed by atoms with E-state index in [-0.39, 0.29) is 24.5 Å². The van der Waals surface area contributed by atoms with Crippen LogP contribution in [0.4, 0.5) is 10.8 Å². The molecule has 34 heavy (non-hydrogen) atoms. The first-order valence-corrected chi connectivity index (χ1v) is 13.6. The first-order chi connectivity index (χ1) is 16.3. The molecule has 1 aromatic heterocycles. The van der Waals surface area contributed by atoms with E-state index in [1.165, 1.54) is 23.8 Å². The van der Waals surface area contributed by atoms with Crippen LogP contribution in [0.15, 0.2) is 41.3 Å². The first-order valence-electron chi connectivity index (χ1n) is 11.3. The van der Waals surface area contributed by atoms with E-state index in [4.69, 9.17) is 4.74 Å². The average molecular weight is 504 g/mol. The summed E-state index contributed by atoms with van der Waals surface area (Å²) < 4.78 is 35.1. The van der Waals surface area contributed by atoms with Gasteiger partial charge in [-0.05, 0) is 70.3 Å². The maximum Gasteiger partial charge on any atom is 0.264 e. The van der Waals surface area contributed by atoms with Crippen LogP contribution in [0.25, 0.3) is 10.2 Å². The first kappa shape index (κ1) is 24.3. The number of thiazole rings is 1. The van der Waals surface area contributed by atoms with Gasteiger partial charge in [0.25, 0.3) is 10.0 Å². The van der Waals surface area contributed by atoms with Crippen LogP contribution in [-0.2, 0) is 10.0 Å². The van der Waals surface area contributed by atoms with E-state index in [2.05, 4.69) is 34.0 Å². The Morgan fingerprint density at radius 3 is 2.76 bits per heavy atom. The third kappa shape index (κ3) is 5.27. The average Bonchev–Trinajstić information content (AvgIpc) is 3.20. The monoisotopic (exact) mass is 503 g/mol. The van der Waals surface area contributed by atoms with Crippen LogP contribution >= 0.6 is 11.3 Å². The van der Waals surface area contributed by atoms with Gasteiger partial charge in [0.1, 0.15) is 16.7 Å². The molecule has 0 aliphatic heterocycles. The lowest BCUT2D eigenvalue weighted by Gasteiger charge is -2.37. The zero-order chi connectivity index (χ0) is 24.3. The highest BCUT2D eigenvalue weighted by Crippen LogP contribution is 2.32. The van der Waals surface area contributed by atoms with Crippen molar-refractivity contribution >= 4 is 42.4 Å². The van der Waals surface area contributed by atoms with Gasteiger partial charge in [0.05, 0.1) is 22.4 Å². The van der Waals surface area contributed by atoms with Crippen molar-refractivity contribution in [2.45, 2.75) is 49.6 Å². The number of fused-ring (bicyclic) bond motifs is 1. The molecule has 2 N–H and O–H groups in total. The van der Waals surface area contributed by atoms with Gasteiger partial charge in [-0.3, -0.25) is 4.72 Å². The van der Waals surface area contributed by atoms with E-state index in [1.807, 2.05) is 19.1 Å². The Morgan fingerprint density at radius 2 is 2.03 bits per heavy atom. The summed E-state index contributed by atoms with van der Waals surface area (Å²) in [7, 11) is 0.162. The van der Waals surface area contributed by atoms with E-state index >= 15 is 0 Å². The number of nitrogens with zero attached hydrogens (tertiary/aromatic N) is 3. The van der Waals surface area contributed by atoms with Crippen LogP contribution in [-0.4, -0.2) is 51.1 Å². The van der Waals surface area contributed by atoms with E-state index < -0.39 is 10.0 Å². The van der Waals surface area contributed by atoms with Gasteiger partial charge < -0.3 is 15.0 Å². The maximum absolute atomic E-state index is 13.1. The summed E-state index contributed by atoms with van der Waals surface area (Å²) in [5.74, 6) is 0.706. The predicted molar refractivity (Wildman–Crippen MR) is 140 cm³/mol. The summed E-state index contributed by atoms with van der Waals surface area (Å²) in [5, 5.41) is 13.5. The van der Waals surface area contributed by atoms with Crippen molar-refractivity contribution in [2.75, 3.05) is 30.7 Å². The molecule has 8 nitrogen and oxygen atoms in total. The van der Waals surface area contributed by atoms with Crippen molar-refractivity contribution in [3.63, 3.8) is 0 Å². The van der Waals surface area contributed by atoms with Gasteiger partial charge in [0, 0.05) is 20.6 Å². The minimum Gasteiger partial charge on any atom is -0.494 e. The van der Waals surface area contributed by atoms with Crippen LogP contribution in [0.3, 0.4) is 0 Å². The summed E-state index contributed by atoms with van der Waals surface area (Å²) in [6, 6.07) is 12.9. The van der Waals surface area contributed by atoms with Crippen molar-refractivity contribution in [3.8, 4) is 11.8 Å². The summed E-state index contributed by atoms with van der Waals surface area (Å²) in [5.41, 5.74) is 1.52. The predicted octanol–water partition coefficient (Wildman–Crippen LogP) is 5.14. The second kappa shape index (κ2) is 10.2. The molecule has 0 amide bonds. The molecular formula is C24H33N5O3S2. The number of ether oxygens (including phenoxy) is 1.